The van der Waals surface area contributed by atoms with Gasteiger partial charge in [-0.05, 0) is 43.6 Å². The molecule has 3 saturated heterocycles. The number of rotatable bonds is 13. The number of fused-ring (bicyclic) bond motifs is 1. The smallest absolute Gasteiger partial charge is 0.312 e. The van der Waals surface area contributed by atoms with E-state index in [4.69, 9.17) is 9.47 Å². The maximum Gasteiger partial charge on any atom is 0.312 e. The Kier molecular flexibility index (Phi) is 8.90. The van der Waals surface area contributed by atoms with E-state index in [-0.39, 0.29) is 43.4 Å². The number of hydrogen-bond donors (Lipinski definition) is 1. The zero-order valence-corrected chi connectivity index (χ0v) is 24.3. The van der Waals surface area contributed by atoms with Crippen LogP contribution in [0.4, 0.5) is 0 Å². The summed E-state index contributed by atoms with van der Waals surface area (Å²) in [6.07, 6.45) is 4.81. The summed E-state index contributed by atoms with van der Waals surface area (Å²) in [6, 6.07) is 8.09. The van der Waals surface area contributed by atoms with E-state index in [2.05, 4.69) is 13.2 Å². The van der Waals surface area contributed by atoms with Crippen LogP contribution in [0.15, 0.2) is 55.6 Å². The second-order valence-corrected chi connectivity index (χ2v) is 12.2. The summed E-state index contributed by atoms with van der Waals surface area (Å²) >= 11 is 0. The molecule has 1 aromatic rings. The number of ether oxygens (including phenoxy) is 2. The van der Waals surface area contributed by atoms with Crippen molar-refractivity contribution in [2.75, 3.05) is 19.8 Å². The van der Waals surface area contributed by atoms with Crippen LogP contribution in [0.25, 0.3) is 0 Å². The van der Waals surface area contributed by atoms with Crippen LogP contribution in [-0.4, -0.2) is 75.7 Å². The quantitative estimate of drug-likeness (QED) is 0.228. The molecule has 0 radical (unpaired) electrons. The highest BCUT2D eigenvalue weighted by molar-refractivity contribution is 5.98. The molecular formula is C32H44N2O6. The van der Waals surface area contributed by atoms with Gasteiger partial charge in [-0.15, -0.1) is 13.2 Å². The molecule has 2 bridgehead atoms. The van der Waals surface area contributed by atoms with E-state index in [1.807, 2.05) is 58.0 Å². The van der Waals surface area contributed by atoms with Crippen molar-refractivity contribution in [3.05, 3.63) is 61.2 Å². The number of aliphatic hydroxyl groups excluding tert-OH is 1. The first-order chi connectivity index (χ1) is 19.0. The SMILES string of the molecule is C=CCCOC(=O)[C@H]1[C@H]2C(=O)N([C@@H](CO)CC(C)C)C(C(=O)N(CC=C)Cc3ccccc3)C23CC(C)[C@]1(C)O3. The van der Waals surface area contributed by atoms with Crippen LogP contribution in [0.1, 0.15) is 52.5 Å². The Morgan fingerprint density at radius 3 is 2.55 bits per heavy atom. The lowest BCUT2D eigenvalue weighted by atomic mass is 9.62. The minimum atomic E-state index is -1.20. The number of likely N-dealkylation sites (tertiary alicyclic amines) is 1. The van der Waals surface area contributed by atoms with Gasteiger partial charge in [0.2, 0.25) is 11.8 Å². The molecule has 3 aliphatic heterocycles. The molecule has 4 rings (SSSR count). The van der Waals surface area contributed by atoms with Crippen molar-refractivity contribution in [3.63, 3.8) is 0 Å². The Bertz CT molecular complexity index is 1120. The van der Waals surface area contributed by atoms with Gasteiger partial charge in [-0.2, -0.15) is 0 Å². The molecule has 1 aromatic carbocycles. The molecule has 3 unspecified atom stereocenters. The molecular weight excluding hydrogens is 508 g/mol. The highest BCUT2D eigenvalue weighted by atomic mass is 16.6. The second-order valence-electron chi connectivity index (χ2n) is 12.2. The third-order valence-corrected chi connectivity index (χ3v) is 9.03. The van der Waals surface area contributed by atoms with Crippen molar-refractivity contribution >= 4 is 17.8 Å². The van der Waals surface area contributed by atoms with Crippen LogP contribution in [0.2, 0.25) is 0 Å². The Hall–Kier alpha value is -2.97. The van der Waals surface area contributed by atoms with E-state index in [0.717, 1.165) is 5.56 Å². The van der Waals surface area contributed by atoms with Crippen LogP contribution < -0.4 is 0 Å². The average Bonchev–Trinajstić information content (AvgIpc) is 3.43. The number of carbonyl (C=O) groups is 3. The maximum atomic E-state index is 14.6. The molecule has 218 valence electrons. The number of esters is 1. The summed E-state index contributed by atoms with van der Waals surface area (Å²) in [5.41, 5.74) is -1.21. The highest BCUT2D eigenvalue weighted by Crippen LogP contribution is 2.65. The average molecular weight is 553 g/mol. The summed E-state index contributed by atoms with van der Waals surface area (Å²) in [5, 5.41) is 10.5. The van der Waals surface area contributed by atoms with E-state index >= 15 is 0 Å². The van der Waals surface area contributed by atoms with Crippen LogP contribution in [-0.2, 0) is 30.4 Å². The van der Waals surface area contributed by atoms with E-state index in [9.17, 15) is 19.5 Å². The number of aliphatic hydroxyl groups is 1. The number of benzene rings is 1. The number of nitrogens with zero attached hydrogens (tertiary/aromatic N) is 2. The van der Waals surface area contributed by atoms with Crippen molar-refractivity contribution in [2.45, 2.75) is 76.8 Å². The van der Waals surface area contributed by atoms with Crippen LogP contribution in [0.3, 0.4) is 0 Å². The molecule has 0 aromatic heterocycles. The normalized spacial score (nSPS) is 31.2. The van der Waals surface area contributed by atoms with Crippen molar-refractivity contribution in [2.24, 2.45) is 23.7 Å². The van der Waals surface area contributed by atoms with Gasteiger partial charge in [-0.1, -0.05) is 63.3 Å². The minimum Gasteiger partial charge on any atom is -0.465 e. The van der Waals surface area contributed by atoms with Gasteiger partial charge in [0, 0.05) is 13.1 Å². The molecule has 0 aliphatic carbocycles. The molecule has 8 nitrogen and oxygen atoms in total. The first-order valence-corrected chi connectivity index (χ1v) is 14.4. The van der Waals surface area contributed by atoms with Gasteiger partial charge in [0.25, 0.3) is 0 Å². The van der Waals surface area contributed by atoms with Crippen LogP contribution in [0, 0.1) is 23.7 Å². The number of amides is 2. The van der Waals surface area contributed by atoms with Gasteiger partial charge in [0.1, 0.15) is 17.6 Å². The summed E-state index contributed by atoms with van der Waals surface area (Å²) in [4.78, 5) is 45.8. The summed E-state index contributed by atoms with van der Waals surface area (Å²) < 4.78 is 12.4. The fourth-order valence-electron chi connectivity index (χ4n) is 7.23. The van der Waals surface area contributed by atoms with Gasteiger partial charge in [-0.3, -0.25) is 14.4 Å². The molecule has 1 N–H and O–H groups in total. The minimum absolute atomic E-state index is 0.0941. The monoisotopic (exact) mass is 552 g/mol. The Labute approximate surface area is 238 Å². The predicted molar refractivity (Wildman–Crippen MR) is 152 cm³/mol. The lowest BCUT2D eigenvalue weighted by molar-refractivity contribution is -0.164. The van der Waals surface area contributed by atoms with Crippen molar-refractivity contribution in [3.8, 4) is 0 Å². The molecule has 7 atom stereocenters. The van der Waals surface area contributed by atoms with E-state index < -0.39 is 41.1 Å². The lowest BCUT2D eigenvalue weighted by Crippen LogP contribution is -2.59. The summed E-state index contributed by atoms with van der Waals surface area (Å²) in [6.45, 7) is 15.9. The zero-order chi connectivity index (χ0) is 29.2. The van der Waals surface area contributed by atoms with Gasteiger partial charge >= 0.3 is 5.97 Å². The maximum absolute atomic E-state index is 14.6. The van der Waals surface area contributed by atoms with Crippen molar-refractivity contribution in [1.82, 2.24) is 9.80 Å². The fourth-order valence-corrected chi connectivity index (χ4v) is 7.23. The Morgan fingerprint density at radius 2 is 1.95 bits per heavy atom. The summed E-state index contributed by atoms with van der Waals surface area (Å²) in [5.74, 6) is -2.72. The van der Waals surface area contributed by atoms with Gasteiger partial charge < -0.3 is 24.4 Å². The summed E-state index contributed by atoms with van der Waals surface area (Å²) in [7, 11) is 0. The fraction of sp³-hybridized carbons (Fsp3) is 0.594. The topological polar surface area (TPSA) is 96.4 Å². The highest BCUT2D eigenvalue weighted by Gasteiger charge is 2.80. The molecule has 0 saturated carbocycles. The van der Waals surface area contributed by atoms with Crippen LogP contribution in [0.5, 0.6) is 0 Å². The first kappa shape index (κ1) is 30.0. The van der Waals surface area contributed by atoms with Crippen molar-refractivity contribution in [1.29, 1.82) is 0 Å². The Morgan fingerprint density at radius 1 is 1.25 bits per heavy atom. The Balaban J connectivity index is 1.80. The standard InChI is InChI=1S/C32H44N2O6/c1-7-9-16-39-30(38)26-25-28(36)34(24(20-35)17-21(3)4)27(32(25)18-22(5)31(26,6)40-32)29(37)33(15-8-2)19-23-13-11-10-12-14-23/h7-8,10-14,21-22,24-27,35H,1-2,9,15-20H2,3-6H3/t22?,24-,25+,26-,27?,31+,32?/m1/s1. The third-order valence-electron chi connectivity index (χ3n) is 9.03. The van der Waals surface area contributed by atoms with E-state index in [1.165, 1.54) is 0 Å². The van der Waals surface area contributed by atoms with Crippen LogP contribution >= 0.6 is 0 Å². The number of carbonyl (C=O) groups excluding carboxylic acids is 3. The molecule has 40 heavy (non-hydrogen) atoms. The molecule has 8 heteroatoms. The van der Waals surface area contributed by atoms with Gasteiger partial charge in [-0.25, -0.2) is 0 Å². The molecule has 3 heterocycles. The predicted octanol–water partition coefficient (Wildman–Crippen LogP) is 3.74. The second kappa shape index (κ2) is 11.9. The lowest BCUT2D eigenvalue weighted by Gasteiger charge is -2.40. The van der Waals surface area contributed by atoms with E-state index in [0.29, 0.717) is 25.8 Å². The molecule has 2 amide bonds. The zero-order valence-electron chi connectivity index (χ0n) is 24.3. The molecule has 1 spiro atoms. The molecule has 3 fully saturated rings. The number of hydrogen-bond acceptors (Lipinski definition) is 6. The largest absolute Gasteiger partial charge is 0.465 e. The van der Waals surface area contributed by atoms with Gasteiger partial charge in [0.15, 0.2) is 0 Å². The third kappa shape index (κ3) is 5.00. The van der Waals surface area contributed by atoms with E-state index in [1.54, 1.807) is 22.0 Å². The van der Waals surface area contributed by atoms with Gasteiger partial charge in [0.05, 0.1) is 30.8 Å². The first-order valence-electron chi connectivity index (χ1n) is 14.4. The van der Waals surface area contributed by atoms with Crippen molar-refractivity contribution < 1.29 is 29.0 Å². The molecule has 3 aliphatic rings.